The third kappa shape index (κ3) is 4.48. The number of ether oxygens (including phenoxy) is 1. The van der Waals surface area contributed by atoms with Crippen LogP contribution < -0.4 is 0 Å². The predicted octanol–water partition coefficient (Wildman–Crippen LogP) is 2.23. The summed E-state index contributed by atoms with van der Waals surface area (Å²) in [6, 6.07) is 8.25. The van der Waals surface area contributed by atoms with Crippen LogP contribution in [0.1, 0.15) is 24.5 Å². The lowest BCUT2D eigenvalue weighted by atomic mass is 10.1. The van der Waals surface area contributed by atoms with Gasteiger partial charge in [0.2, 0.25) is 5.91 Å². The number of nitrogens with zero attached hydrogens (tertiary/aromatic N) is 2. The lowest BCUT2D eigenvalue weighted by molar-refractivity contribution is -0.132. The zero-order valence-electron chi connectivity index (χ0n) is 13.4. The molecular formula is C17H24N2O3. The van der Waals surface area contributed by atoms with Gasteiger partial charge in [0.25, 0.3) is 0 Å². The van der Waals surface area contributed by atoms with Crippen molar-refractivity contribution in [2.75, 3.05) is 32.8 Å². The monoisotopic (exact) mass is 304 g/mol. The zero-order valence-corrected chi connectivity index (χ0v) is 13.4. The van der Waals surface area contributed by atoms with Crippen LogP contribution in [0.4, 0.5) is 4.79 Å². The number of amides is 2. The van der Waals surface area contributed by atoms with Crippen LogP contribution >= 0.6 is 0 Å². The second-order valence-corrected chi connectivity index (χ2v) is 5.56. The highest BCUT2D eigenvalue weighted by Gasteiger charge is 2.24. The smallest absolute Gasteiger partial charge is 0.409 e. The first-order valence-corrected chi connectivity index (χ1v) is 7.85. The van der Waals surface area contributed by atoms with Crippen molar-refractivity contribution in [2.45, 2.75) is 26.7 Å². The van der Waals surface area contributed by atoms with E-state index in [1.807, 2.05) is 11.0 Å². The average Bonchev–Trinajstić information content (AvgIpc) is 2.53. The van der Waals surface area contributed by atoms with Crippen LogP contribution in [-0.2, 0) is 16.0 Å². The predicted molar refractivity (Wildman–Crippen MR) is 84.7 cm³/mol. The Morgan fingerprint density at radius 3 is 2.45 bits per heavy atom. The molecule has 2 amide bonds. The molecular weight excluding hydrogens is 280 g/mol. The van der Waals surface area contributed by atoms with Crippen molar-refractivity contribution >= 4 is 12.0 Å². The van der Waals surface area contributed by atoms with Gasteiger partial charge in [-0.1, -0.05) is 29.8 Å². The van der Waals surface area contributed by atoms with Gasteiger partial charge in [-0.2, -0.15) is 0 Å². The minimum Gasteiger partial charge on any atom is -0.450 e. The molecule has 0 bridgehead atoms. The molecule has 1 saturated heterocycles. The maximum atomic E-state index is 12.2. The number of hydrogen-bond donors (Lipinski definition) is 0. The number of piperazine rings is 1. The van der Waals surface area contributed by atoms with Crippen molar-refractivity contribution in [3.05, 3.63) is 35.4 Å². The molecule has 2 rings (SSSR count). The van der Waals surface area contributed by atoms with Crippen molar-refractivity contribution in [3.63, 3.8) is 0 Å². The molecule has 22 heavy (non-hydrogen) atoms. The molecule has 1 fully saturated rings. The first-order valence-electron chi connectivity index (χ1n) is 7.85. The van der Waals surface area contributed by atoms with E-state index in [0.29, 0.717) is 39.2 Å². The van der Waals surface area contributed by atoms with Crippen LogP contribution in [-0.4, -0.2) is 54.6 Å². The number of rotatable bonds is 4. The van der Waals surface area contributed by atoms with Crippen LogP contribution in [0.3, 0.4) is 0 Å². The Kier molecular flexibility index (Phi) is 5.81. The van der Waals surface area contributed by atoms with Crippen molar-refractivity contribution < 1.29 is 14.3 Å². The Balaban J connectivity index is 1.76. The normalized spacial score (nSPS) is 14.8. The van der Waals surface area contributed by atoms with E-state index in [0.717, 1.165) is 6.42 Å². The molecule has 0 N–H and O–H groups in total. The van der Waals surface area contributed by atoms with E-state index in [9.17, 15) is 9.59 Å². The van der Waals surface area contributed by atoms with Crippen LogP contribution in [0.25, 0.3) is 0 Å². The molecule has 1 aromatic carbocycles. The average molecular weight is 304 g/mol. The molecule has 0 unspecified atom stereocenters. The van der Waals surface area contributed by atoms with E-state index in [1.165, 1.54) is 11.1 Å². The summed E-state index contributed by atoms with van der Waals surface area (Å²) in [6.45, 7) is 6.51. The topological polar surface area (TPSA) is 49.9 Å². The van der Waals surface area contributed by atoms with Gasteiger partial charge in [-0.3, -0.25) is 4.79 Å². The molecule has 0 aromatic heterocycles. The quantitative estimate of drug-likeness (QED) is 0.857. The van der Waals surface area contributed by atoms with Crippen molar-refractivity contribution in [1.29, 1.82) is 0 Å². The van der Waals surface area contributed by atoms with Gasteiger partial charge in [-0.15, -0.1) is 0 Å². The van der Waals surface area contributed by atoms with Crippen LogP contribution in [0, 0.1) is 6.92 Å². The molecule has 0 atom stereocenters. The lowest BCUT2D eigenvalue weighted by Gasteiger charge is -2.34. The summed E-state index contributed by atoms with van der Waals surface area (Å²) in [6.07, 6.45) is 0.996. The van der Waals surface area contributed by atoms with E-state index in [4.69, 9.17) is 4.74 Å². The molecule has 1 heterocycles. The van der Waals surface area contributed by atoms with Crippen LogP contribution in [0.2, 0.25) is 0 Å². The second kappa shape index (κ2) is 7.82. The Morgan fingerprint density at radius 1 is 1.14 bits per heavy atom. The number of hydrogen-bond acceptors (Lipinski definition) is 3. The lowest BCUT2D eigenvalue weighted by Crippen LogP contribution is -2.50. The molecule has 0 radical (unpaired) electrons. The van der Waals surface area contributed by atoms with Gasteiger partial charge in [-0.05, 0) is 25.8 Å². The van der Waals surface area contributed by atoms with Crippen molar-refractivity contribution in [2.24, 2.45) is 0 Å². The van der Waals surface area contributed by atoms with Crippen molar-refractivity contribution in [1.82, 2.24) is 9.80 Å². The standard InChI is InChI=1S/C17H24N2O3/c1-3-22-17(21)19-11-9-18(10-12-19)16(20)8-7-15-6-4-5-14(2)13-15/h4-6,13H,3,7-12H2,1-2H3. The zero-order chi connectivity index (χ0) is 15.9. The SMILES string of the molecule is CCOC(=O)N1CCN(C(=O)CCc2cccc(C)c2)CC1. The van der Waals surface area contributed by atoms with Crippen LogP contribution in [0.15, 0.2) is 24.3 Å². The molecule has 1 aliphatic rings. The fourth-order valence-electron chi connectivity index (χ4n) is 2.63. The van der Waals surface area contributed by atoms with Gasteiger partial charge in [0, 0.05) is 32.6 Å². The third-order valence-electron chi connectivity index (χ3n) is 3.87. The van der Waals surface area contributed by atoms with E-state index in [-0.39, 0.29) is 12.0 Å². The van der Waals surface area contributed by atoms with E-state index in [1.54, 1.807) is 11.8 Å². The number of carbonyl (C=O) groups is 2. The highest BCUT2D eigenvalue weighted by molar-refractivity contribution is 5.77. The molecule has 1 aliphatic heterocycles. The summed E-state index contributed by atoms with van der Waals surface area (Å²) in [4.78, 5) is 27.4. The third-order valence-corrected chi connectivity index (χ3v) is 3.87. The largest absolute Gasteiger partial charge is 0.450 e. The Morgan fingerprint density at radius 2 is 1.82 bits per heavy atom. The maximum Gasteiger partial charge on any atom is 0.409 e. The summed E-state index contributed by atoms with van der Waals surface area (Å²) in [5.41, 5.74) is 2.41. The Bertz CT molecular complexity index is 522. The molecule has 0 spiro atoms. The Hall–Kier alpha value is -2.04. The number of benzene rings is 1. The number of aryl methyl sites for hydroxylation is 2. The molecule has 5 heteroatoms. The van der Waals surface area contributed by atoms with Gasteiger partial charge >= 0.3 is 6.09 Å². The van der Waals surface area contributed by atoms with E-state index >= 15 is 0 Å². The fraction of sp³-hybridized carbons (Fsp3) is 0.529. The van der Waals surface area contributed by atoms with Gasteiger partial charge in [0.15, 0.2) is 0 Å². The van der Waals surface area contributed by atoms with E-state index < -0.39 is 0 Å². The first-order chi connectivity index (χ1) is 10.6. The summed E-state index contributed by atoms with van der Waals surface area (Å²) in [5, 5.41) is 0. The molecule has 0 saturated carbocycles. The van der Waals surface area contributed by atoms with E-state index in [2.05, 4.69) is 25.1 Å². The number of carbonyl (C=O) groups excluding carboxylic acids is 2. The van der Waals surface area contributed by atoms with Crippen molar-refractivity contribution in [3.8, 4) is 0 Å². The highest BCUT2D eigenvalue weighted by atomic mass is 16.6. The summed E-state index contributed by atoms with van der Waals surface area (Å²) in [5.74, 6) is 0.157. The minimum absolute atomic E-state index is 0.157. The minimum atomic E-state index is -0.283. The summed E-state index contributed by atoms with van der Waals surface area (Å²) >= 11 is 0. The van der Waals surface area contributed by atoms with Gasteiger partial charge in [0.05, 0.1) is 6.61 Å². The molecule has 1 aromatic rings. The fourth-order valence-corrected chi connectivity index (χ4v) is 2.63. The van der Waals surface area contributed by atoms with Crippen LogP contribution in [0.5, 0.6) is 0 Å². The summed E-state index contributed by atoms with van der Waals surface area (Å²) < 4.78 is 4.98. The molecule has 120 valence electrons. The van der Waals surface area contributed by atoms with Gasteiger partial charge < -0.3 is 14.5 Å². The second-order valence-electron chi connectivity index (χ2n) is 5.56. The summed E-state index contributed by atoms with van der Waals surface area (Å²) in [7, 11) is 0. The first kappa shape index (κ1) is 16.3. The van der Waals surface area contributed by atoms with Gasteiger partial charge in [-0.25, -0.2) is 4.79 Å². The molecule has 5 nitrogen and oxygen atoms in total. The van der Waals surface area contributed by atoms with Gasteiger partial charge in [0.1, 0.15) is 0 Å². The highest BCUT2D eigenvalue weighted by Crippen LogP contribution is 2.10. The Labute approximate surface area is 131 Å². The molecule has 0 aliphatic carbocycles. The maximum absolute atomic E-state index is 12.2.